The Morgan fingerprint density at radius 1 is 0.316 bits per heavy atom. The Morgan fingerprint density at radius 3 is 0.684 bits per heavy atom. The van der Waals surface area contributed by atoms with E-state index in [1.807, 2.05) is 0 Å². The second-order valence-electron chi connectivity index (χ2n) is 7.97. The maximum atomic E-state index is 13.6. The van der Waals surface area contributed by atoms with Gasteiger partial charge >= 0.3 is 65.4 Å². The van der Waals surface area contributed by atoms with Gasteiger partial charge in [-0.05, 0) is 5.92 Å². The minimum Gasteiger partial charge on any atom is -0.200 e. The van der Waals surface area contributed by atoms with Crippen molar-refractivity contribution in [1.29, 1.82) is 0 Å². The van der Waals surface area contributed by atoms with Gasteiger partial charge in [-0.1, -0.05) is 13.8 Å². The van der Waals surface area contributed by atoms with E-state index in [0.29, 0.717) is 13.8 Å². The van der Waals surface area contributed by atoms with E-state index >= 15 is 0 Å². The first kappa shape index (κ1) is 36.4. The van der Waals surface area contributed by atoms with Gasteiger partial charge in [0.2, 0.25) is 0 Å². The van der Waals surface area contributed by atoms with Crippen molar-refractivity contribution in [2.75, 3.05) is 0 Å². The lowest BCUT2D eigenvalue weighted by Gasteiger charge is -2.45. The highest BCUT2D eigenvalue weighted by Crippen LogP contribution is 2.67. The summed E-state index contributed by atoms with van der Waals surface area (Å²) in [7, 11) is 0. The molecule has 230 valence electrons. The zero-order valence-corrected chi connectivity index (χ0v) is 17.5. The number of hydrogen-bond acceptors (Lipinski definition) is 0. The van der Waals surface area contributed by atoms with E-state index < -0.39 is 77.7 Å². The lowest BCUT2D eigenvalue weighted by molar-refractivity contribution is -0.478. The van der Waals surface area contributed by atoms with Gasteiger partial charge < -0.3 is 0 Å². The predicted molar refractivity (Wildman–Crippen MR) is 75.0 cm³/mol. The monoisotopic (exact) mass is 626 g/mol. The highest BCUT2D eigenvalue weighted by Gasteiger charge is 2.98. The standard InChI is InChI=1S/C15H9F23/c1-4(2)3-5(16,17)6(18,19)7(20,21)8(22,23)9(24,25)10(26,27)11(28,29)12(30,31)13(32,33)14(34,35)15(36,37)38/h4H,3H2,1-2H3. The predicted octanol–water partition coefficient (Wildman–Crippen LogP) is 8.95. The van der Waals surface area contributed by atoms with Gasteiger partial charge in [0.15, 0.2) is 0 Å². The van der Waals surface area contributed by atoms with E-state index in [-0.39, 0.29) is 0 Å². The zero-order chi connectivity index (χ0) is 31.8. The lowest BCUT2D eigenvalue weighted by Crippen LogP contribution is -2.77. The Kier molecular flexibility index (Phi) is 8.57. The Labute approximate surface area is 194 Å². The number of rotatable bonds is 11. The molecule has 0 saturated carbocycles. The molecule has 0 nitrogen and oxygen atoms in total. The van der Waals surface area contributed by atoms with Crippen LogP contribution in [0.25, 0.3) is 0 Å². The van der Waals surface area contributed by atoms with Gasteiger partial charge in [-0.3, -0.25) is 0 Å². The van der Waals surface area contributed by atoms with Crippen molar-refractivity contribution in [3.8, 4) is 0 Å². The van der Waals surface area contributed by atoms with E-state index in [1.165, 1.54) is 0 Å². The Morgan fingerprint density at radius 2 is 0.500 bits per heavy atom. The fourth-order valence-electron chi connectivity index (χ4n) is 2.43. The summed E-state index contributed by atoms with van der Waals surface area (Å²) in [5.74, 6) is -88.8. The molecule has 0 amide bonds. The third-order valence-electron chi connectivity index (χ3n) is 4.63. The highest BCUT2D eigenvalue weighted by molar-refractivity contribution is 5.18. The fourth-order valence-corrected chi connectivity index (χ4v) is 2.43. The third kappa shape index (κ3) is 4.40. The molecule has 0 fully saturated rings. The summed E-state index contributed by atoms with van der Waals surface area (Å²) in [6.45, 7) is 0.950. The van der Waals surface area contributed by atoms with E-state index in [2.05, 4.69) is 0 Å². The molecule has 0 aromatic rings. The molecule has 23 heteroatoms. The van der Waals surface area contributed by atoms with Crippen LogP contribution in [0.3, 0.4) is 0 Å². The van der Waals surface area contributed by atoms with Crippen molar-refractivity contribution in [1.82, 2.24) is 0 Å². The van der Waals surface area contributed by atoms with E-state index in [9.17, 15) is 101 Å². The number of alkyl halides is 23. The van der Waals surface area contributed by atoms with Gasteiger partial charge in [0.05, 0.1) is 0 Å². The molecule has 0 heterocycles. The van der Waals surface area contributed by atoms with E-state index in [4.69, 9.17) is 0 Å². The zero-order valence-electron chi connectivity index (χ0n) is 17.5. The molecular weight excluding hydrogens is 617 g/mol. The van der Waals surface area contributed by atoms with Crippen LogP contribution in [0.15, 0.2) is 0 Å². The first-order valence-electron chi connectivity index (χ1n) is 8.76. The SMILES string of the molecule is CC(C)CC(F)(F)C(F)(F)C(F)(F)C(F)(F)C(F)(F)C(F)(F)C(F)(F)C(F)(F)C(F)(F)C(F)(F)C(F)(F)F. The van der Waals surface area contributed by atoms with Gasteiger partial charge in [-0.15, -0.1) is 0 Å². The summed E-state index contributed by atoms with van der Waals surface area (Å²) in [6.07, 6.45) is -10.7. The molecule has 0 aromatic carbocycles. The lowest BCUT2D eigenvalue weighted by atomic mass is 9.84. The average molecular weight is 626 g/mol. The topological polar surface area (TPSA) is 0 Å². The second-order valence-corrected chi connectivity index (χ2v) is 7.97. The third-order valence-corrected chi connectivity index (χ3v) is 4.63. The summed E-state index contributed by atoms with van der Waals surface area (Å²) < 4.78 is 303. The minimum atomic E-state index is -9.36. The molecule has 0 bridgehead atoms. The van der Waals surface area contributed by atoms with Gasteiger partial charge in [0.1, 0.15) is 0 Å². The normalized spacial score (nSPS) is 16.9. The molecule has 0 radical (unpaired) electrons. The van der Waals surface area contributed by atoms with Gasteiger partial charge in [-0.25, -0.2) is 0 Å². The summed E-state index contributed by atoms with van der Waals surface area (Å²) >= 11 is 0. The molecule has 0 aliphatic rings. The molecule has 0 rings (SSSR count). The van der Waals surface area contributed by atoms with Gasteiger partial charge in [0.25, 0.3) is 0 Å². The molecule has 0 unspecified atom stereocenters. The molecule has 38 heavy (non-hydrogen) atoms. The Hall–Kier alpha value is -1.61. The van der Waals surface area contributed by atoms with Crippen molar-refractivity contribution in [3.05, 3.63) is 0 Å². The van der Waals surface area contributed by atoms with Crippen LogP contribution in [0.1, 0.15) is 20.3 Å². The van der Waals surface area contributed by atoms with Gasteiger partial charge in [-0.2, -0.15) is 101 Å². The number of hydrogen-bond donors (Lipinski definition) is 0. The molecule has 0 saturated heterocycles. The van der Waals surface area contributed by atoms with Crippen LogP contribution in [0, 0.1) is 5.92 Å². The average Bonchev–Trinajstić information content (AvgIpc) is 2.64. The molecule has 0 atom stereocenters. The van der Waals surface area contributed by atoms with E-state index in [0.717, 1.165) is 0 Å². The van der Waals surface area contributed by atoms with Crippen molar-refractivity contribution in [2.45, 2.75) is 85.7 Å². The van der Waals surface area contributed by atoms with Crippen molar-refractivity contribution >= 4 is 0 Å². The summed E-state index contributed by atoms with van der Waals surface area (Å²) in [5, 5.41) is 0. The van der Waals surface area contributed by atoms with Crippen LogP contribution < -0.4 is 0 Å². The minimum absolute atomic E-state index is 0.475. The molecule has 0 aromatic heterocycles. The molecular formula is C15H9F23. The molecule has 0 aliphatic heterocycles. The second kappa shape index (κ2) is 8.95. The van der Waals surface area contributed by atoms with Crippen LogP contribution in [0.5, 0.6) is 0 Å². The van der Waals surface area contributed by atoms with Crippen molar-refractivity contribution in [3.63, 3.8) is 0 Å². The summed E-state index contributed by atoms with van der Waals surface area (Å²) in [5.41, 5.74) is 0. The maximum Gasteiger partial charge on any atom is 0.460 e. The highest BCUT2D eigenvalue weighted by atomic mass is 19.4. The van der Waals surface area contributed by atoms with Gasteiger partial charge in [0, 0.05) is 6.42 Å². The largest absolute Gasteiger partial charge is 0.460 e. The molecule has 0 spiro atoms. The van der Waals surface area contributed by atoms with Crippen molar-refractivity contribution in [2.24, 2.45) is 5.92 Å². The van der Waals surface area contributed by atoms with Crippen LogP contribution in [0.4, 0.5) is 101 Å². The van der Waals surface area contributed by atoms with Crippen LogP contribution in [-0.4, -0.2) is 65.4 Å². The molecule has 0 N–H and O–H groups in total. The van der Waals surface area contributed by atoms with Crippen molar-refractivity contribution < 1.29 is 101 Å². The Balaban J connectivity index is 7.18. The maximum absolute atomic E-state index is 13.6. The van der Waals surface area contributed by atoms with Crippen LogP contribution >= 0.6 is 0 Å². The van der Waals surface area contributed by atoms with Crippen LogP contribution in [-0.2, 0) is 0 Å². The quantitative estimate of drug-likeness (QED) is 0.201. The van der Waals surface area contributed by atoms with Crippen LogP contribution in [0.2, 0.25) is 0 Å². The summed E-state index contributed by atoms with van der Waals surface area (Å²) in [6, 6.07) is 0. The molecule has 0 aliphatic carbocycles. The summed E-state index contributed by atoms with van der Waals surface area (Å²) in [4.78, 5) is 0. The Bertz CT molecular complexity index is 843. The fraction of sp³-hybridized carbons (Fsp3) is 1.00. The van der Waals surface area contributed by atoms with E-state index in [1.54, 1.807) is 0 Å². The first-order chi connectivity index (χ1) is 15.9. The smallest absolute Gasteiger partial charge is 0.200 e. The number of halogens is 23. The first-order valence-corrected chi connectivity index (χ1v) is 8.76.